The van der Waals surface area contributed by atoms with Gasteiger partial charge in [0.25, 0.3) is 0 Å². The molecule has 1 aliphatic heterocycles. The van der Waals surface area contributed by atoms with Crippen LogP contribution in [-0.4, -0.2) is 35.6 Å². The molecule has 0 radical (unpaired) electrons. The molecule has 0 saturated carbocycles. The molecule has 0 amide bonds. The van der Waals surface area contributed by atoms with E-state index >= 15 is 0 Å². The Bertz CT molecular complexity index is 396. The molecule has 1 saturated heterocycles. The second kappa shape index (κ2) is 7.79. The largest absolute Gasteiger partial charge is 0.381 e. The van der Waals surface area contributed by atoms with E-state index in [2.05, 4.69) is 41.9 Å². The minimum atomic E-state index is 0.556. The first kappa shape index (κ1) is 15.5. The third-order valence-electron chi connectivity index (χ3n) is 4.21. The summed E-state index contributed by atoms with van der Waals surface area (Å²) in [7, 11) is 0. The number of ether oxygens (including phenoxy) is 1. The van der Waals surface area contributed by atoms with Gasteiger partial charge in [-0.3, -0.25) is 4.68 Å². The van der Waals surface area contributed by atoms with Crippen molar-refractivity contribution < 1.29 is 4.74 Å². The predicted molar refractivity (Wildman–Crippen MR) is 82.0 cm³/mol. The molecule has 1 aliphatic rings. The van der Waals surface area contributed by atoms with Gasteiger partial charge in [-0.25, -0.2) is 0 Å². The molecule has 1 N–H and O–H groups in total. The third kappa shape index (κ3) is 4.06. The summed E-state index contributed by atoms with van der Waals surface area (Å²) < 4.78 is 7.66. The number of aromatic nitrogens is 2. The van der Waals surface area contributed by atoms with Crippen LogP contribution in [0.4, 0.5) is 0 Å². The molecule has 20 heavy (non-hydrogen) atoms. The molecule has 0 spiro atoms. The molecule has 1 aromatic heterocycles. The van der Waals surface area contributed by atoms with Crippen LogP contribution in [-0.2, 0) is 17.7 Å². The molecule has 1 atom stereocenters. The van der Waals surface area contributed by atoms with Gasteiger partial charge < -0.3 is 10.1 Å². The zero-order valence-corrected chi connectivity index (χ0v) is 13.2. The summed E-state index contributed by atoms with van der Waals surface area (Å²) in [5, 5.41) is 8.32. The van der Waals surface area contributed by atoms with Crippen LogP contribution < -0.4 is 5.32 Å². The quantitative estimate of drug-likeness (QED) is 0.833. The Balaban J connectivity index is 2.05. The SMILES string of the molecule is CCCNC(Cc1cc(C)nn1CC)C1CCOCC1. The zero-order valence-electron chi connectivity index (χ0n) is 13.2. The highest BCUT2D eigenvalue weighted by Crippen LogP contribution is 2.22. The topological polar surface area (TPSA) is 39.1 Å². The van der Waals surface area contributed by atoms with E-state index in [4.69, 9.17) is 4.74 Å². The fraction of sp³-hybridized carbons (Fsp3) is 0.812. The molecule has 0 bridgehead atoms. The minimum Gasteiger partial charge on any atom is -0.381 e. The van der Waals surface area contributed by atoms with Crippen molar-refractivity contribution in [3.05, 3.63) is 17.5 Å². The van der Waals surface area contributed by atoms with E-state index in [1.807, 2.05) is 0 Å². The number of hydrogen-bond donors (Lipinski definition) is 1. The highest BCUT2D eigenvalue weighted by molar-refractivity contribution is 5.11. The van der Waals surface area contributed by atoms with Crippen LogP contribution in [0.2, 0.25) is 0 Å². The van der Waals surface area contributed by atoms with Gasteiger partial charge in [-0.15, -0.1) is 0 Å². The second-order valence-electron chi connectivity index (χ2n) is 5.81. The van der Waals surface area contributed by atoms with Crippen molar-refractivity contribution in [3.8, 4) is 0 Å². The smallest absolute Gasteiger partial charge is 0.0596 e. The molecule has 114 valence electrons. The Morgan fingerprint density at radius 3 is 2.80 bits per heavy atom. The van der Waals surface area contributed by atoms with E-state index in [0.717, 1.165) is 44.3 Å². The first-order valence-corrected chi connectivity index (χ1v) is 8.09. The average molecular weight is 279 g/mol. The lowest BCUT2D eigenvalue weighted by Crippen LogP contribution is -2.41. The van der Waals surface area contributed by atoms with Gasteiger partial charge in [-0.05, 0) is 51.6 Å². The highest BCUT2D eigenvalue weighted by atomic mass is 16.5. The molecule has 1 aromatic rings. The normalized spacial score (nSPS) is 18.4. The van der Waals surface area contributed by atoms with Gasteiger partial charge in [0.15, 0.2) is 0 Å². The second-order valence-corrected chi connectivity index (χ2v) is 5.81. The average Bonchev–Trinajstić information content (AvgIpc) is 2.84. The Morgan fingerprint density at radius 2 is 2.15 bits per heavy atom. The Labute approximate surface area is 122 Å². The van der Waals surface area contributed by atoms with E-state index in [0.29, 0.717) is 6.04 Å². The molecule has 2 rings (SSSR count). The van der Waals surface area contributed by atoms with Crippen molar-refractivity contribution >= 4 is 0 Å². The summed E-state index contributed by atoms with van der Waals surface area (Å²) in [6.45, 7) is 10.4. The van der Waals surface area contributed by atoms with Crippen LogP contribution in [0, 0.1) is 12.8 Å². The Morgan fingerprint density at radius 1 is 1.40 bits per heavy atom. The van der Waals surface area contributed by atoms with E-state index in [9.17, 15) is 0 Å². The standard InChI is InChI=1S/C16H29N3O/c1-4-8-17-16(14-6-9-20-10-7-14)12-15-11-13(3)18-19(15)5-2/h11,14,16-17H,4-10,12H2,1-3H3. The van der Waals surface area contributed by atoms with Gasteiger partial charge in [0.05, 0.1) is 5.69 Å². The van der Waals surface area contributed by atoms with Gasteiger partial charge in [0, 0.05) is 37.9 Å². The van der Waals surface area contributed by atoms with Gasteiger partial charge in [0.2, 0.25) is 0 Å². The molecule has 0 aliphatic carbocycles. The van der Waals surface area contributed by atoms with Gasteiger partial charge in [-0.2, -0.15) is 5.10 Å². The third-order valence-corrected chi connectivity index (χ3v) is 4.21. The van der Waals surface area contributed by atoms with Gasteiger partial charge >= 0.3 is 0 Å². The summed E-state index contributed by atoms with van der Waals surface area (Å²) in [5.41, 5.74) is 2.49. The molecule has 4 heteroatoms. The van der Waals surface area contributed by atoms with Crippen LogP contribution in [0.25, 0.3) is 0 Å². The number of nitrogens with zero attached hydrogens (tertiary/aromatic N) is 2. The Kier molecular flexibility index (Phi) is 6.05. The predicted octanol–water partition coefficient (Wildman–Crippen LogP) is 2.55. The number of rotatable bonds is 7. The fourth-order valence-electron chi connectivity index (χ4n) is 3.12. The minimum absolute atomic E-state index is 0.556. The number of aryl methyl sites for hydroxylation is 2. The lowest BCUT2D eigenvalue weighted by molar-refractivity contribution is 0.0535. The van der Waals surface area contributed by atoms with Crippen LogP contribution >= 0.6 is 0 Å². The van der Waals surface area contributed by atoms with Crippen molar-refractivity contribution in [2.75, 3.05) is 19.8 Å². The fourth-order valence-corrected chi connectivity index (χ4v) is 3.12. The van der Waals surface area contributed by atoms with E-state index < -0.39 is 0 Å². The van der Waals surface area contributed by atoms with Crippen LogP contribution in [0.15, 0.2) is 6.07 Å². The highest BCUT2D eigenvalue weighted by Gasteiger charge is 2.24. The summed E-state index contributed by atoms with van der Waals surface area (Å²) in [4.78, 5) is 0. The lowest BCUT2D eigenvalue weighted by Gasteiger charge is -2.31. The van der Waals surface area contributed by atoms with Crippen LogP contribution in [0.3, 0.4) is 0 Å². The van der Waals surface area contributed by atoms with Crippen molar-refractivity contribution in [2.45, 2.75) is 59.0 Å². The maximum absolute atomic E-state index is 5.51. The maximum atomic E-state index is 5.51. The van der Waals surface area contributed by atoms with Crippen LogP contribution in [0.1, 0.15) is 44.5 Å². The summed E-state index contributed by atoms with van der Waals surface area (Å²) in [5.74, 6) is 0.732. The monoisotopic (exact) mass is 279 g/mol. The molecule has 2 heterocycles. The van der Waals surface area contributed by atoms with Crippen molar-refractivity contribution in [1.29, 1.82) is 0 Å². The summed E-state index contributed by atoms with van der Waals surface area (Å²) in [6.07, 6.45) is 4.63. The van der Waals surface area contributed by atoms with Crippen LogP contribution in [0.5, 0.6) is 0 Å². The molecule has 1 unspecified atom stereocenters. The van der Waals surface area contributed by atoms with Gasteiger partial charge in [-0.1, -0.05) is 6.92 Å². The van der Waals surface area contributed by atoms with Crippen molar-refractivity contribution in [2.24, 2.45) is 5.92 Å². The number of hydrogen-bond acceptors (Lipinski definition) is 3. The first-order valence-electron chi connectivity index (χ1n) is 8.09. The first-order chi connectivity index (χ1) is 9.74. The summed E-state index contributed by atoms with van der Waals surface area (Å²) in [6, 6.07) is 2.80. The van der Waals surface area contributed by atoms with Crippen molar-refractivity contribution in [1.82, 2.24) is 15.1 Å². The van der Waals surface area contributed by atoms with Gasteiger partial charge in [0.1, 0.15) is 0 Å². The molecular formula is C16H29N3O. The molecule has 1 fully saturated rings. The lowest BCUT2D eigenvalue weighted by atomic mass is 9.88. The zero-order chi connectivity index (χ0) is 14.4. The summed E-state index contributed by atoms with van der Waals surface area (Å²) >= 11 is 0. The van der Waals surface area contributed by atoms with E-state index in [-0.39, 0.29) is 0 Å². The van der Waals surface area contributed by atoms with Crippen molar-refractivity contribution in [3.63, 3.8) is 0 Å². The molecular weight excluding hydrogens is 250 g/mol. The molecule has 0 aromatic carbocycles. The maximum Gasteiger partial charge on any atom is 0.0596 e. The molecule has 4 nitrogen and oxygen atoms in total. The van der Waals surface area contributed by atoms with E-state index in [1.165, 1.54) is 25.0 Å². The Hall–Kier alpha value is -0.870. The van der Waals surface area contributed by atoms with E-state index in [1.54, 1.807) is 0 Å². The number of nitrogens with one attached hydrogen (secondary N) is 1.